The fourth-order valence-electron chi connectivity index (χ4n) is 2.21. The number of rotatable bonds is 6. The van der Waals surface area contributed by atoms with Crippen molar-refractivity contribution in [2.45, 2.75) is 11.9 Å². The summed E-state index contributed by atoms with van der Waals surface area (Å²) in [5, 5.41) is 5.51. The zero-order chi connectivity index (χ0) is 19.3. The van der Waals surface area contributed by atoms with Crippen LogP contribution in [-0.4, -0.2) is 33.6 Å². The summed E-state index contributed by atoms with van der Waals surface area (Å²) in [7, 11) is 0. The summed E-state index contributed by atoms with van der Waals surface area (Å²) >= 11 is 6.39. The lowest BCUT2D eigenvalue weighted by Crippen LogP contribution is -2.34. The number of primary amides is 2. The summed E-state index contributed by atoms with van der Waals surface area (Å²) in [4.78, 5) is 38.5. The molecular formula is C16H17N5O3S2. The molecule has 0 fully saturated rings. The van der Waals surface area contributed by atoms with Crippen molar-refractivity contribution < 1.29 is 14.4 Å². The molecule has 0 aliphatic heterocycles. The highest BCUT2D eigenvalue weighted by Crippen LogP contribution is 2.30. The number of thioether (sulfide) groups is 1. The maximum Gasteiger partial charge on any atom is 0.257 e. The van der Waals surface area contributed by atoms with E-state index >= 15 is 0 Å². The van der Waals surface area contributed by atoms with E-state index < -0.39 is 17.7 Å². The average molecular weight is 391 g/mol. The topological polar surface area (TPSA) is 143 Å². The molecule has 0 spiro atoms. The van der Waals surface area contributed by atoms with E-state index in [1.807, 2.05) is 6.92 Å². The highest BCUT2D eigenvalue weighted by Gasteiger charge is 2.26. The van der Waals surface area contributed by atoms with Crippen LogP contribution in [0.3, 0.4) is 0 Å². The summed E-state index contributed by atoms with van der Waals surface area (Å²) in [6.45, 7) is 1.87. The van der Waals surface area contributed by atoms with Crippen LogP contribution in [-0.2, 0) is 0 Å². The van der Waals surface area contributed by atoms with E-state index in [-0.39, 0.29) is 22.1 Å². The second-order valence-electron chi connectivity index (χ2n) is 5.01. The van der Waals surface area contributed by atoms with E-state index in [0.29, 0.717) is 16.3 Å². The zero-order valence-corrected chi connectivity index (χ0v) is 15.4. The monoisotopic (exact) mass is 391 g/mol. The molecule has 8 nitrogen and oxygen atoms in total. The Morgan fingerprint density at radius 2 is 1.73 bits per heavy atom. The first-order chi connectivity index (χ1) is 12.3. The minimum Gasteiger partial charge on any atom is -0.365 e. The summed E-state index contributed by atoms with van der Waals surface area (Å²) in [5.41, 5.74) is 11.1. The molecule has 0 saturated carbocycles. The van der Waals surface area contributed by atoms with Gasteiger partial charge in [0, 0.05) is 5.56 Å². The largest absolute Gasteiger partial charge is 0.365 e. The Bertz CT molecular complexity index is 864. The predicted molar refractivity (Wildman–Crippen MR) is 104 cm³/mol. The molecule has 0 bridgehead atoms. The number of carbonyl (C=O) groups is 3. The number of hydrogen-bond donors (Lipinski definition) is 5. The first-order valence-corrected chi connectivity index (χ1v) is 8.90. The van der Waals surface area contributed by atoms with Gasteiger partial charge in [-0.1, -0.05) is 25.1 Å². The first-order valence-electron chi connectivity index (χ1n) is 7.50. The molecule has 136 valence electrons. The number of carbonyl (C=O) groups excluding carboxylic acids is 3. The van der Waals surface area contributed by atoms with E-state index in [2.05, 4.69) is 15.6 Å². The summed E-state index contributed by atoms with van der Waals surface area (Å²) in [5.74, 6) is -1.33. The molecule has 1 aromatic heterocycles. The van der Waals surface area contributed by atoms with Gasteiger partial charge in [0.2, 0.25) is 0 Å². The lowest BCUT2D eigenvalue weighted by Gasteiger charge is -2.09. The normalized spacial score (nSPS) is 10.2. The van der Waals surface area contributed by atoms with Gasteiger partial charge in [-0.05, 0) is 30.1 Å². The minimum absolute atomic E-state index is 0.0102. The van der Waals surface area contributed by atoms with Crippen LogP contribution in [0.4, 0.5) is 5.82 Å². The number of nitrogens with one attached hydrogen (secondary N) is 3. The van der Waals surface area contributed by atoms with Crippen LogP contribution < -0.4 is 22.1 Å². The van der Waals surface area contributed by atoms with Crippen LogP contribution in [0, 0.1) is 0 Å². The Hall–Kier alpha value is -2.85. The zero-order valence-electron chi connectivity index (χ0n) is 13.8. The highest BCUT2D eigenvalue weighted by atomic mass is 32.2. The third kappa shape index (κ3) is 4.41. The molecule has 2 rings (SSSR count). The Morgan fingerprint density at radius 3 is 2.27 bits per heavy atom. The summed E-state index contributed by atoms with van der Waals surface area (Å²) in [6, 6.07) is 8.47. The molecule has 0 aliphatic rings. The van der Waals surface area contributed by atoms with Crippen LogP contribution in [0.25, 0.3) is 0 Å². The Balaban J connectivity index is 2.26. The maximum absolute atomic E-state index is 12.1. The fraction of sp³-hybridized carbons (Fsp3) is 0.125. The van der Waals surface area contributed by atoms with Gasteiger partial charge >= 0.3 is 0 Å². The Kier molecular flexibility index (Phi) is 6.36. The first kappa shape index (κ1) is 19.5. The SMILES string of the molecule is CCSc1[nH]c(NC(=S)NC(=O)c2ccccc2)c(C(N)=O)c1C(N)=O. The van der Waals surface area contributed by atoms with Gasteiger partial charge in [0.1, 0.15) is 5.82 Å². The standard InChI is InChI=1S/C16H17N5O3S2/c1-2-26-15-10(12(18)23)9(11(17)22)13(19-15)20-16(25)21-14(24)8-6-4-3-5-7-8/h3-7,19H,2H2,1H3,(H2,17,22)(H2,18,23)(H2,20,21,24,25). The molecule has 7 N–H and O–H groups in total. The van der Waals surface area contributed by atoms with Gasteiger partial charge in [-0.2, -0.15) is 0 Å². The Morgan fingerprint density at radius 1 is 1.12 bits per heavy atom. The van der Waals surface area contributed by atoms with Gasteiger partial charge in [0.25, 0.3) is 17.7 Å². The molecule has 2 aromatic rings. The van der Waals surface area contributed by atoms with Gasteiger partial charge in [-0.25, -0.2) is 0 Å². The predicted octanol–water partition coefficient (Wildman–Crippen LogP) is 1.45. The summed E-state index contributed by atoms with van der Waals surface area (Å²) in [6.07, 6.45) is 0. The molecule has 3 amide bonds. The number of nitrogens with two attached hydrogens (primary N) is 2. The van der Waals surface area contributed by atoms with Crippen LogP contribution in [0.15, 0.2) is 35.4 Å². The highest BCUT2D eigenvalue weighted by molar-refractivity contribution is 7.99. The van der Waals surface area contributed by atoms with Crippen molar-refractivity contribution in [3.8, 4) is 0 Å². The van der Waals surface area contributed by atoms with Gasteiger partial charge in [0.15, 0.2) is 5.11 Å². The van der Waals surface area contributed by atoms with Crippen molar-refractivity contribution in [2.75, 3.05) is 11.1 Å². The van der Waals surface area contributed by atoms with Crippen LogP contribution >= 0.6 is 24.0 Å². The molecule has 0 saturated heterocycles. The lowest BCUT2D eigenvalue weighted by molar-refractivity contribution is 0.0966. The number of H-pyrrole nitrogens is 1. The quantitative estimate of drug-likeness (QED) is 0.372. The summed E-state index contributed by atoms with van der Waals surface area (Å²) < 4.78 is 0. The van der Waals surface area contributed by atoms with Gasteiger partial charge < -0.3 is 21.8 Å². The third-order valence-electron chi connectivity index (χ3n) is 3.25. The average Bonchev–Trinajstić information content (AvgIpc) is 2.94. The number of benzene rings is 1. The molecule has 0 atom stereocenters. The molecule has 0 aliphatic carbocycles. The van der Waals surface area contributed by atoms with Crippen LogP contribution in [0.1, 0.15) is 38.0 Å². The molecule has 26 heavy (non-hydrogen) atoms. The van der Waals surface area contributed by atoms with Crippen molar-refractivity contribution >= 4 is 52.6 Å². The molecular weight excluding hydrogens is 374 g/mol. The van der Waals surface area contributed by atoms with Gasteiger partial charge in [0.05, 0.1) is 16.2 Å². The smallest absolute Gasteiger partial charge is 0.257 e. The van der Waals surface area contributed by atoms with E-state index in [1.54, 1.807) is 30.3 Å². The molecule has 1 aromatic carbocycles. The fourth-order valence-corrected chi connectivity index (χ4v) is 3.22. The van der Waals surface area contributed by atoms with Gasteiger partial charge in [-0.15, -0.1) is 11.8 Å². The minimum atomic E-state index is -0.849. The van der Waals surface area contributed by atoms with Crippen LogP contribution in [0.2, 0.25) is 0 Å². The van der Waals surface area contributed by atoms with Crippen molar-refractivity contribution in [3.05, 3.63) is 47.0 Å². The third-order valence-corrected chi connectivity index (χ3v) is 4.34. The van der Waals surface area contributed by atoms with Crippen molar-refractivity contribution in [2.24, 2.45) is 11.5 Å². The van der Waals surface area contributed by atoms with E-state index in [4.69, 9.17) is 23.7 Å². The van der Waals surface area contributed by atoms with E-state index in [1.165, 1.54) is 11.8 Å². The van der Waals surface area contributed by atoms with Gasteiger partial charge in [-0.3, -0.25) is 19.7 Å². The number of amides is 3. The van der Waals surface area contributed by atoms with Crippen molar-refractivity contribution in [1.29, 1.82) is 0 Å². The number of anilines is 1. The number of thiocarbonyl (C=S) groups is 1. The van der Waals surface area contributed by atoms with Crippen LogP contribution in [0.5, 0.6) is 0 Å². The molecule has 0 unspecified atom stereocenters. The second-order valence-corrected chi connectivity index (χ2v) is 6.70. The second kappa shape index (κ2) is 8.50. The Labute approximate surface area is 159 Å². The number of hydrogen-bond acceptors (Lipinski definition) is 5. The molecule has 10 heteroatoms. The van der Waals surface area contributed by atoms with E-state index in [0.717, 1.165) is 0 Å². The van der Waals surface area contributed by atoms with Crippen molar-refractivity contribution in [1.82, 2.24) is 10.3 Å². The number of aromatic amines is 1. The van der Waals surface area contributed by atoms with E-state index in [9.17, 15) is 14.4 Å². The van der Waals surface area contributed by atoms with Crippen molar-refractivity contribution in [3.63, 3.8) is 0 Å². The maximum atomic E-state index is 12.1. The molecule has 1 heterocycles. The molecule has 0 radical (unpaired) electrons. The number of aromatic nitrogens is 1. The lowest BCUT2D eigenvalue weighted by atomic mass is 10.1.